The van der Waals surface area contributed by atoms with E-state index in [1.807, 2.05) is 18.2 Å². The Balaban J connectivity index is 2.07. The highest BCUT2D eigenvalue weighted by Crippen LogP contribution is 2.13. The number of benzene rings is 2. The molecule has 2 nitrogen and oxygen atoms in total. The lowest BCUT2D eigenvalue weighted by atomic mass is 9.99. The molecule has 0 aromatic heterocycles. The molecule has 0 saturated carbocycles. The lowest BCUT2D eigenvalue weighted by molar-refractivity contribution is -0.117. The van der Waals surface area contributed by atoms with Gasteiger partial charge in [-0.15, -0.1) is 0 Å². The predicted octanol–water partition coefficient (Wildman–Crippen LogP) is 3.51. The van der Waals surface area contributed by atoms with Gasteiger partial charge in [-0.05, 0) is 23.3 Å². The van der Waals surface area contributed by atoms with Crippen molar-refractivity contribution in [1.29, 1.82) is 0 Å². The van der Waals surface area contributed by atoms with E-state index >= 15 is 0 Å². The van der Waals surface area contributed by atoms with E-state index < -0.39 is 0 Å². The largest absolute Gasteiger partial charge is 0.299 e. The molecule has 0 spiro atoms. The summed E-state index contributed by atoms with van der Waals surface area (Å²) in [4.78, 5) is 22.9. The van der Waals surface area contributed by atoms with Crippen LogP contribution in [0.4, 0.5) is 0 Å². The van der Waals surface area contributed by atoms with E-state index in [0.717, 1.165) is 17.4 Å². The minimum atomic E-state index is 0.0663. The van der Waals surface area contributed by atoms with Crippen LogP contribution >= 0.6 is 11.6 Å². The molecule has 0 N–H and O–H groups in total. The summed E-state index contributed by atoms with van der Waals surface area (Å²) in [6, 6.07) is 14.4. The molecule has 2 aromatic carbocycles. The Morgan fingerprint density at radius 1 is 1.05 bits per heavy atom. The van der Waals surface area contributed by atoms with Crippen molar-refractivity contribution in [2.75, 3.05) is 0 Å². The average molecular weight is 273 g/mol. The van der Waals surface area contributed by atoms with E-state index in [0.29, 0.717) is 17.0 Å². The highest BCUT2D eigenvalue weighted by molar-refractivity contribution is 6.30. The van der Waals surface area contributed by atoms with E-state index in [2.05, 4.69) is 0 Å². The first-order valence-corrected chi connectivity index (χ1v) is 6.36. The average Bonchev–Trinajstić information content (AvgIpc) is 2.39. The van der Waals surface area contributed by atoms with Gasteiger partial charge in [-0.2, -0.15) is 0 Å². The van der Waals surface area contributed by atoms with Crippen LogP contribution in [0.3, 0.4) is 0 Å². The smallest absolute Gasteiger partial charge is 0.150 e. The van der Waals surface area contributed by atoms with Gasteiger partial charge in [-0.3, -0.25) is 9.59 Å². The summed E-state index contributed by atoms with van der Waals surface area (Å²) in [5.41, 5.74) is 2.23. The van der Waals surface area contributed by atoms with E-state index in [9.17, 15) is 9.59 Å². The lowest BCUT2D eigenvalue weighted by Gasteiger charge is -2.04. The van der Waals surface area contributed by atoms with Crippen LogP contribution in [0.15, 0.2) is 48.5 Å². The van der Waals surface area contributed by atoms with E-state index in [1.54, 1.807) is 30.3 Å². The number of rotatable bonds is 5. The molecule has 0 amide bonds. The van der Waals surface area contributed by atoms with Crippen molar-refractivity contribution in [1.82, 2.24) is 0 Å². The Kier molecular flexibility index (Phi) is 4.48. The van der Waals surface area contributed by atoms with Crippen LogP contribution in [0.25, 0.3) is 0 Å². The second kappa shape index (κ2) is 6.30. The van der Waals surface area contributed by atoms with Gasteiger partial charge < -0.3 is 0 Å². The van der Waals surface area contributed by atoms with Crippen molar-refractivity contribution in [3.8, 4) is 0 Å². The molecule has 0 saturated heterocycles. The summed E-state index contributed by atoms with van der Waals surface area (Å²) in [6.45, 7) is 0. The van der Waals surface area contributed by atoms with Gasteiger partial charge in [0.15, 0.2) is 0 Å². The Bertz CT molecular complexity index is 605. The molecule has 0 unspecified atom stereocenters. The summed E-state index contributed by atoms with van der Waals surface area (Å²) >= 11 is 5.88. The summed E-state index contributed by atoms with van der Waals surface area (Å²) in [5, 5.41) is 0.624. The number of halogens is 1. The molecule has 19 heavy (non-hydrogen) atoms. The number of aldehydes is 1. The molecule has 0 fully saturated rings. The molecule has 2 rings (SSSR count). The predicted molar refractivity (Wildman–Crippen MR) is 75.7 cm³/mol. The van der Waals surface area contributed by atoms with Crippen molar-refractivity contribution >= 4 is 23.7 Å². The molecule has 0 radical (unpaired) electrons. The number of carbonyl (C=O) groups excluding carboxylic acids is 2. The highest BCUT2D eigenvalue weighted by Gasteiger charge is 2.08. The molecular weight excluding hydrogens is 260 g/mol. The van der Waals surface area contributed by atoms with Crippen molar-refractivity contribution < 1.29 is 9.59 Å². The van der Waals surface area contributed by atoms with Gasteiger partial charge in [0.25, 0.3) is 0 Å². The molecule has 3 heteroatoms. The Morgan fingerprint density at radius 2 is 1.84 bits per heavy atom. The molecule has 2 aromatic rings. The zero-order chi connectivity index (χ0) is 13.7. The van der Waals surface area contributed by atoms with Crippen LogP contribution in [-0.2, 0) is 17.6 Å². The fourth-order valence-electron chi connectivity index (χ4n) is 1.96. The van der Waals surface area contributed by atoms with Gasteiger partial charge in [0.05, 0.1) is 0 Å². The summed E-state index contributed by atoms with van der Waals surface area (Å²) in [7, 11) is 0. The maximum atomic E-state index is 12.0. The van der Waals surface area contributed by atoms with E-state index in [-0.39, 0.29) is 12.2 Å². The second-order valence-corrected chi connectivity index (χ2v) is 4.78. The first kappa shape index (κ1) is 13.5. The topological polar surface area (TPSA) is 34.1 Å². The summed E-state index contributed by atoms with van der Waals surface area (Å²) in [5.74, 6) is 0.0663. The third-order valence-electron chi connectivity index (χ3n) is 2.86. The number of hydrogen-bond acceptors (Lipinski definition) is 2. The van der Waals surface area contributed by atoms with Gasteiger partial charge >= 0.3 is 0 Å². The highest BCUT2D eigenvalue weighted by atomic mass is 35.5. The SMILES string of the molecule is O=Cc1ccccc1CC(=O)Cc1cccc(Cl)c1. The number of Topliss-reactive ketones (excluding diaryl/α,β-unsaturated/α-hetero) is 1. The van der Waals surface area contributed by atoms with E-state index in [1.165, 1.54) is 0 Å². The Hall–Kier alpha value is -1.93. The summed E-state index contributed by atoms with van der Waals surface area (Å²) < 4.78 is 0. The number of ketones is 1. The molecule has 0 aliphatic heterocycles. The fourth-order valence-corrected chi connectivity index (χ4v) is 2.17. The third-order valence-corrected chi connectivity index (χ3v) is 3.10. The monoisotopic (exact) mass is 272 g/mol. The quantitative estimate of drug-likeness (QED) is 0.781. The molecule has 0 atom stereocenters. The van der Waals surface area contributed by atoms with Gasteiger partial charge in [0.1, 0.15) is 12.1 Å². The molecule has 0 aliphatic rings. The zero-order valence-electron chi connectivity index (χ0n) is 10.3. The minimum Gasteiger partial charge on any atom is -0.299 e. The maximum Gasteiger partial charge on any atom is 0.150 e. The Labute approximate surface area is 117 Å². The van der Waals surface area contributed by atoms with Crippen LogP contribution in [-0.4, -0.2) is 12.1 Å². The maximum absolute atomic E-state index is 12.0. The van der Waals surface area contributed by atoms with Crippen molar-refractivity contribution in [2.45, 2.75) is 12.8 Å². The second-order valence-electron chi connectivity index (χ2n) is 4.34. The normalized spacial score (nSPS) is 10.2. The third kappa shape index (κ3) is 3.76. The van der Waals surface area contributed by atoms with Crippen molar-refractivity contribution in [3.63, 3.8) is 0 Å². The number of carbonyl (C=O) groups is 2. The van der Waals surface area contributed by atoms with Crippen LogP contribution in [0.1, 0.15) is 21.5 Å². The zero-order valence-corrected chi connectivity index (χ0v) is 11.1. The van der Waals surface area contributed by atoms with Crippen molar-refractivity contribution in [2.24, 2.45) is 0 Å². The molecule has 96 valence electrons. The molecular formula is C16H13ClO2. The van der Waals surface area contributed by atoms with Crippen molar-refractivity contribution in [3.05, 3.63) is 70.2 Å². The standard InChI is InChI=1S/C16H13ClO2/c17-15-7-3-4-12(8-15)9-16(19)10-13-5-1-2-6-14(13)11-18/h1-8,11H,9-10H2. The van der Waals surface area contributed by atoms with Crippen LogP contribution in [0.5, 0.6) is 0 Å². The molecule has 0 aliphatic carbocycles. The lowest BCUT2D eigenvalue weighted by Crippen LogP contribution is -2.08. The molecule has 0 heterocycles. The van der Waals surface area contributed by atoms with Crippen LogP contribution in [0, 0.1) is 0 Å². The summed E-state index contributed by atoms with van der Waals surface area (Å²) in [6.07, 6.45) is 1.37. The van der Waals surface area contributed by atoms with Crippen LogP contribution < -0.4 is 0 Å². The Morgan fingerprint density at radius 3 is 2.58 bits per heavy atom. The van der Waals surface area contributed by atoms with Gasteiger partial charge in [0, 0.05) is 23.4 Å². The fraction of sp³-hybridized carbons (Fsp3) is 0.125. The minimum absolute atomic E-state index is 0.0663. The van der Waals surface area contributed by atoms with Gasteiger partial charge in [-0.25, -0.2) is 0 Å². The van der Waals surface area contributed by atoms with Crippen LogP contribution in [0.2, 0.25) is 5.02 Å². The van der Waals surface area contributed by atoms with E-state index in [4.69, 9.17) is 11.6 Å². The van der Waals surface area contributed by atoms with Gasteiger partial charge in [-0.1, -0.05) is 48.0 Å². The van der Waals surface area contributed by atoms with Gasteiger partial charge in [0.2, 0.25) is 0 Å². The first-order chi connectivity index (χ1) is 9.19. The first-order valence-electron chi connectivity index (χ1n) is 5.98. The number of hydrogen-bond donors (Lipinski definition) is 0. The molecule has 0 bridgehead atoms.